The molecule has 0 bridgehead atoms. The maximum atomic E-state index is 5.69. The lowest BCUT2D eigenvalue weighted by Crippen LogP contribution is -2.35. The maximum absolute atomic E-state index is 5.69. The molecule has 4 nitrogen and oxygen atoms in total. The van der Waals surface area contributed by atoms with E-state index in [1.807, 2.05) is 24.3 Å². The van der Waals surface area contributed by atoms with Crippen LogP contribution >= 0.6 is 0 Å². The Morgan fingerprint density at radius 1 is 1.15 bits per heavy atom. The van der Waals surface area contributed by atoms with Crippen molar-refractivity contribution in [2.45, 2.75) is 12.8 Å². The summed E-state index contributed by atoms with van der Waals surface area (Å²) in [5.74, 6) is 2.58. The van der Waals surface area contributed by atoms with Gasteiger partial charge in [-0.15, -0.1) is 0 Å². The number of ether oxygens (including phenoxy) is 2. The van der Waals surface area contributed by atoms with Crippen molar-refractivity contribution in [2.75, 3.05) is 46.9 Å². The first-order valence-corrected chi connectivity index (χ1v) is 7.44. The molecule has 1 aromatic rings. The molecular formula is C16H26N2O2. The topological polar surface area (TPSA) is 33.7 Å². The fourth-order valence-corrected chi connectivity index (χ4v) is 2.49. The lowest BCUT2D eigenvalue weighted by molar-refractivity contribution is 0.213. The highest BCUT2D eigenvalue weighted by molar-refractivity contribution is 5.31. The molecule has 1 saturated heterocycles. The van der Waals surface area contributed by atoms with Crippen LogP contribution in [0.5, 0.6) is 11.5 Å². The van der Waals surface area contributed by atoms with Crippen LogP contribution in [0.3, 0.4) is 0 Å². The predicted octanol–water partition coefficient (Wildman–Crippen LogP) is 2.01. The zero-order chi connectivity index (χ0) is 14.2. The van der Waals surface area contributed by atoms with Crippen LogP contribution in [0.2, 0.25) is 0 Å². The Hall–Kier alpha value is -1.26. The molecule has 1 fully saturated rings. The lowest BCUT2D eigenvalue weighted by Gasteiger charge is -2.29. The standard InChI is InChI=1S/C16H26N2O2/c1-18-10-7-14(8-11-18)13-17-9-12-20-16-5-3-15(19-2)4-6-16/h3-6,14,17H,7-13H2,1-2H3. The van der Waals surface area contributed by atoms with E-state index in [0.717, 1.165) is 30.5 Å². The summed E-state index contributed by atoms with van der Waals surface area (Å²) in [5.41, 5.74) is 0. The van der Waals surface area contributed by atoms with Crippen LogP contribution in [0.25, 0.3) is 0 Å². The van der Waals surface area contributed by atoms with Crippen LogP contribution in [0.15, 0.2) is 24.3 Å². The molecule has 1 aromatic carbocycles. The zero-order valence-electron chi connectivity index (χ0n) is 12.6. The molecule has 2 rings (SSSR count). The van der Waals surface area contributed by atoms with E-state index < -0.39 is 0 Å². The van der Waals surface area contributed by atoms with Gasteiger partial charge in [0.05, 0.1) is 7.11 Å². The Morgan fingerprint density at radius 2 is 1.80 bits per heavy atom. The van der Waals surface area contributed by atoms with Crippen molar-refractivity contribution in [1.29, 1.82) is 0 Å². The van der Waals surface area contributed by atoms with Crippen LogP contribution in [0.4, 0.5) is 0 Å². The highest BCUT2D eigenvalue weighted by Gasteiger charge is 2.15. The van der Waals surface area contributed by atoms with E-state index >= 15 is 0 Å². The van der Waals surface area contributed by atoms with Crippen molar-refractivity contribution in [2.24, 2.45) is 5.92 Å². The summed E-state index contributed by atoms with van der Waals surface area (Å²) in [6.45, 7) is 5.18. The van der Waals surface area contributed by atoms with Gasteiger partial charge < -0.3 is 19.7 Å². The summed E-state index contributed by atoms with van der Waals surface area (Å²) in [5, 5.41) is 3.49. The molecule has 0 aliphatic carbocycles. The monoisotopic (exact) mass is 278 g/mol. The van der Waals surface area contributed by atoms with E-state index in [-0.39, 0.29) is 0 Å². The Bertz CT molecular complexity index is 373. The molecule has 1 heterocycles. The molecule has 0 atom stereocenters. The molecule has 20 heavy (non-hydrogen) atoms. The number of likely N-dealkylation sites (tertiary alicyclic amines) is 1. The van der Waals surface area contributed by atoms with Crippen LogP contribution in [0.1, 0.15) is 12.8 Å². The van der Waals surface area contributed by atoms with Gasteiger partial charge in [-0.1, -0.05) is 0 Å². The Morgan fingerprint density at radius 3 is 2.45 bits per heavy atom. The van der Waals surface area contributed by atoms with E-state index in [2.05, 4.69) is 17.3 Å². The summed E-state index contributed by atoms with van der Waals surface area (Å²) < 4.78 is 10.8. The summed E-state index contributed by atoms with van der Waals surface area (Å²) in [7, 11) is 3.87. The quantitative estimate of drug-likeness (QED) is 0.774. The minimum atomic E-state index is 0.707. The Kier molecular flexibility index (Phi) is 6.15. The summed E-state index contributed by atoms with van der Waals surface area (Å²) in [4.78, 5) is 2.41. The molecule has 0 amide bonds. The van der Waals surface area contributed by atoms with E-state index in [1.165, 1.54) is 25.9 Å². The molecule has 4 heteroatoms. The number of nitrogens with zero attached hydrogens (tertiary/aromatic N) is 1. The summed E-state index contributed by atoms with van der Waals surface area (Å²) in [6.07, 6.45) is 2.62. The third-order valence-corrected chi connectivity index (χ3v) is 3.88. The van der Waals surface area contributed by atoms with Crippen LogP contribution in [-0.4, -0.2) is 51.8 Å². The zero-order valence-corrected chi connectivity index (χ0v) is 12.6. The van der Waals surface area contributed by atoms with Gasteiger partial charge in [0.1, 0.15) is 18.1 Å². The van der Waals surface area contributed by atoms with Crippen molar-refractivity contribution in [3.63, 3.8) is 0 Å². The first kappa shape index (κ1) is 15.1. The lowest BCUT2D eigenvalue weighted by atomic mass is 9.97. The minimum absolute atomic E-state index is 0.707. The molecular weight excluding hydrogens is 252 g/mol. The number of rotatable bonds is 7. The molecule has 1 aliphatic heterocycles. The molecule has 0 aromatic heterocycles. The molecule has 1 N–H and O–H groups in total. The summed E-state index contributed by atoms with van der Waals surface area (Å²) in [6, 6.07) is 7.72. The van der Waals surface area contributed by atoms with E-state index in [4.69, 9.17) is 9.47 Å². The Balaban J connectivity index is 1.55. The third-order valence-electron chi connectivity index (χ3n) is 3.88. The van der Waals surface area contributed by atoms with Gasteiger partial charge in [0.2, 0.25) is 0 Å². The molecule has 0 unspecified atom stereocenters. The molecule has 1 aliphatic rings. The predicted molar refractivity (Wildman–Crippen MR) is 81.6 cm³/mol. The fourth-order valence-electron chi connectivity index (χ4n) is 2.49. The van der Waals surface area contributed by atoms with Crippen molar-refractivity contribution < 1.29 is 9.47 Å². The number of benzene rings is 1. The van der Waals surface area contributed by atoms with Gasteiger partial charge in [-0.05, 0) is 69.7 Å². The first-order valence-electron chi connectivity index (χ1n) is 7.44. The first-order chi connectivity index (χ1) is 9.78. The Labute approximate surface area is 122 Å². The summed E-state index contributed by atoms with van der Waals surface area (Å²) >= 11 is 0. The third kappa shape index (κ3) is 5.02. The normalized spacial score (nSPS) is 17.1. The van der Waals surface area contributed by atoms with Crippen LogP contribution in [0, 0.1) is 5.92 Å². The second-order valence-corrected chi connectivity index (χ2v) is 5.47. The number of nitrogens with one attached hydrogen (secondary N) is 1. The highest BCUT2D eigenvalue weighted by Crippen LogP contribution is 2.17. The highest BCUT2D eigenvalue weighted by atomic mass is 16.5. The van der Waals surface area contributed by atoms with Crippen molar-refractivity contribution in [1.82, 2.24) is 10.2 Å². The smallest absolute Gasteiger partial charge is 0.119 e. The molecule has 0 radical (unpaired) electrons. The van der Waals surface area contributed by atoms with E-state index in [0.29, 0.717) is 6.61 Å². The number of piperidine rings is 1. The number of methoxy groups -OCH3 is 1. The van der Waals surface area contributed by atoms with Crippen molar-refractivity contribution in [3.8, 4) is 11.5 Å². The largest absolute Gasteiger partial charge is 0.497 e. The number of hydrogen-bond acceptors (Lipinski definition) is 4. The van der Waals surface area contributed by atoms with Crippen LogP contribution < -0.4 is 14.8 Å². The molecule has 0 saturated carbocycles. The van der Waals surface area contributed by atoms with Gasteiger partial charge in [0.15, 0.2) is 0 Å². The second kappa shape index (κ2) is 8.12. The molecule has 112 valence electrons. The van der Waals surface area contributed by atoms with Crippen molar-refractivity contribution >= 4 is 0 Å². The van der Waals surface area contributed by atoms with E-state index in [1.54, 1.807) is 7.11 Å². The fraction of sp³-hybridized carbons (Fsp3) is 0.625. The second-order valence-electron chi connectivity index (χ2n) is 5.47. The van der Waals surface area contributed by atoms with Gasteiger partial charge in [-0.2, -0.15) is 0 Å². The van der Waals surface area contributed by atoms with Gasteiger partial charge in [-0.25, -0.2) is 0 Å². The minimum Gasteiger partial charge on any atom is -0.497 e. The average Bonchev–Trinajstić information content (AvgIpc) is 2.49. The number of hydrogen-bond donors (Lipinski definition) is 1. The van der Waals surface area contributed by atoms with Gasteiger partial charge in [0.25, 0.3) is 0 Å². The van der Waals surface area contributed by atoms with Gasteiger partial charge in [0, 0.05) is 6.54 Å². The van der Waals surface area contributed by atoms with Crippen molar-refractivity contribution in [3.05, 3.63) is 24.3 Å². The maximum Gasteiger partial charge on any atom is 0.119 e. The van der Waals surface area contributed by atoms with Gasteiger partial charge in [-0.3, -0.25) is 0 Å². The van der Waals surface area contributed by atoms with Gasteiger partial charge >= 0.3 is 0 Å². The van der Waals surface area contributed by atoms with Crippen LogP contribution in [-0.2, 0) is 0 Å². The SMILES string of the molecule is COc1ccc(OCCNCC2CCN(C)CC2)cc1. The average molecular weight is 278 g/mol. The molecule has 0 spiro atoms. The van der Waals surface area contributed by atoms with E-state index in [9.17, 15) is 0 Å².